The molecular weight excluding hydrogens is 666 g/mol. The summed E-state index contributed by atoms with van der Waals surface area (Å²) < 4.78 is 125. The van der Waals surface area contributed by atoms with Gasteiger partial charge in [0, 0.05) is 56.8 Å². The second-order valence-electron chi connectivity index (χ2n) is 12.1. The number of hydrogen-bond acceptors (Lipinski definition) is 7. The van der Waals surface area contributed by atoms with Crippen molar-refractivity contribution >= 4 is 11.6 Å². The molecule has 8 nitrogen and oxygen atoms in total. The van der Waals surface area contributed by atoms with Crippen LogP contribution in [-0.4, -0.2) is 65.3 Å². The topological polar surface area (TPSA) is 84.6 Å². The lowest BCUT2D eigenvalue weighted by Crippen LogP contribution is -2.47. The number of hydrogen-bond donors (Lipinski definition) is 0. The minimum absolute atomic E-state index is 0.148. The molecule has 2 aromatic heterocycles. The molecule has 0 spiro atoms. The summed E-state index contributed by atoms with van der Waals surface area (Å²) in [5.74, 6) is -9.94. The Balaban J connectivity index is 1.29. The van der Waals surface area contributed by atoms with Crippen LogP contribution >= 0.6 is 0 Å². The molecule has 16 heteroatoms. The Morgan fingerprint density at radius 3 is 2.47 bits per heavy atom. The molecule has 2 aliphatic rings. The first-order valence-electron chi connectivity index (χ1n) is 15.2. The standard InChI is InChI=1S/C33H29F8N5O3/c1-48-11-10-45-17-21(14-31(35,36)18-45)29-43-44-30(49-29)23-12-27-24(13-25(23)34)32(37,38)9-8-28(47)46(27)16-19-2-4-20(5-3-19)26-7-6-22(15-42-26)33(39,40)41/h2-7,12-13,15,21H,8-11,14,16-18H2,1H3. The van der Waals surface area contributed by atoms with Gasteiger partial charge in [0.2, 0.25) is 11.8 Å². The predicted molar refractivity (Wildman–Crippen MR) is 159 cm³/mol. The molecule has 6 rings (SSSR count). The molecule has 1 fully saturated rings. The van der Waals surface area contributed by atoms with Gasteiger partial charge < -0.3 is 14.1 Å². The highest BCUT2D eigenvalue weighted by atomic mass is 19.4. The molecule has 0 saturated carbocycles. The van der Waals surface area contributed by atoms with Crippen molar-refractivity contribution in [2.45, 2.75) is 49.7 Å². The third-order valence-electron chi connectivity index (χ3n) is 8.52. The predicted octanol–water partition coefficient (Wildman–Crippen LogP) is 7.45. The van der Waals surface area contributed by atoms with E-state index in [9.17, 15) is 26.7 Å². The van der Waals surface area contributed by atoms with E-state index in [1.54, 1.807) is 24.3 Å². The van der Waals surface area contributed by atoms with E-state index in [4.69, 9.17) is 9.15 Å². The lowest BCUT2D eigenvalue weighted by Gasteiger charge is -2.36. The molecule has 4 heterocycles. The Kier molecular flexibility index (Phi) is 9.21. The van der Waals surface area contributed by atoms with Crippen molar-refractivity contribution in [2.75, 3.05) is 38.3 Å². The van der Waals surface area contributed by atoms with Crippen LogP contribution in [0.4, 0.5) is 40.8 Å². The normalized spacial score (nSPS) is 19.5. The van der Waals surface area contributed by atoms with E-state index in [0.29, 0.717) is 23.4 Å². The van der Waals surface area contributed by atoms with Gasteiger partial charge in [0.05, 0.1) is 48.1 Å². The summed E-state index contributed by atoms with van der Waals surface area (Å²) in [5.41, 5.74) is -1.12. The molecule has 0 N–H and O–H groups in total. The van der Waals surface area contributed by atoms with Crippen molar-refractivity contribution in [3.63, 3.8) is 0 Å². The van der Waals surface area contributed by atoms with Gasteiger partial charge in [-0.3, -0.25) is 14.7 Å². The van der Waals surface area contributed by atoms with Crippen molar-refractivity contribution in [1.29, 1.82) is 0 Å². The first-order valence-corrected chi connectivity index (χ1v) is 15.2. The molecule has 0 aliphatic carbocycles. The fraction of sp³-hybridized carbons (Fsp3) is 0.394. The van der Waals surface area contributed by atoms with Crippen molar-refractivity contribution in [3.8, 4) is 22.7 Å². The SMILES string of the molecule is COCCN1CC(c2nnc(-c3cc4c(cc3F)C(F)(F)CCC(=O)N4Cc3ccc(-c4ccc(C(F)(F)F)cn4)cc3)o2)CC(F)(F)C1. The molecule has 0 radical (unpaired) electrons. The number of alkyl halides is 7. The Bertz CT molecular complexity index is 1810. The molecule has 49 heavy (non-hydrogen) atoms. The maximum atomic E-state index is 15.5. The molecule has 1 atom stereocenters. The van der Waals surface area contributed by atoms with E-state index in [2.05, 4.69) is 15.2 Å². The number of amides is 1. The van der Waals surface area contributed by atoms with Gasteiger partial charge in [-0.2, -0.15) is 13.2 Å². The highest BCUT2D eigenvalue weighted by Gasteiger charge is 2.44. The fourth-order valence-corrected chi connectivity index (χ4v) is 6.04. The Hall–Kier alpha value is -4.44. The number of carbonyl (C=O) groups is 1. The van der Waals surface area contributed by atoms with Gasteiger partial charge in [-0.1, -0.05) is 24.3 Å². The van der Waals surface area contributed by atoms with Crippen LogP contribution in [0.1, 0.15) is 47.8 Å². The molecule has 1 unspecified atom stereocenters. The van der Waals surface area contributed by atoms with Gasteiger partial charge in [-0.15, -0.1) is 10.2 Å². The lowest BCUT2D eigenvalue weighted by atomic mass is 9.95. The van der Waals surface area contributed by atoms with Crippen molar-refractivity contribution in [1.82, 2.24) is 20.1 Å². The van der Waals surface area contributed by atoms with E-state index in [-0.39, 0.29) is 43.5 Å². The molecule has 1 saturated heterocycles. The van der Waals surface area contributed by atoms with Crippen molar-refractivity contribution < 1.29 is 49.1 Å². The average Bonchev–Trinajstić information content (AvgIpc) is 3.52. The van der Waals surface area contributed by atoms with Crippen LogP contribution in [0.15, 0.2) is 59.1 Å². The number of rotatable bonds is 8. The molecule has 2 aromatic carbocycles. The fourth-order valence-electron chi connectivity index (χ4n) is 6.04. The number of methoxy groups -OCH3 is 1. The Morgan fingerprint density at radius 1 is 1.04 bits per heavy atom. The first-order chi connectivity index (χ1) is 23.1. The van der Waals surface area contributed by atoms with Gasteiger partial charge in [0.25, 0.3) is 17.7 Å². The molecule has 4 aromatic rings. The van der Waals surface area contributed by atoms with E-state index in [0.717, 1.165) is 17.0 Å². The summed E-state index contributed by atoms with van der Waals surface area (Å²) in [6.45, 7) is -0.0961. The second-order valence-corrected chi connectivity index (χ2v) is 12.1. The molecule has 0 bridgehead atoms. The van der Waals surface area contributed by atoms with Gasteiger partial charge >= 0.3 is 6.18 Å². The van der Waals surface area contributed by atoms with Crippen LogP contribution < -0.4 is 4.90 Å². The lowest BCUT2D eigenvalue weighted by molar-refractivity contribution is -0.137. The van der Waals surface area contributed by atoms with E-state index in [1.165, 1.54) is 18.1 Å². The number of ether oxygens (including phenoxy) is 1. The van der Waals surface area contributed by atoms with Crippen LogP contribution in [0, 0.1) is 5.82 Å². The number of aromatic nitrogens is 3. The number of piperidine rings is 1. The third kappa shape index (κ3) is 7.44. The van der Waals surface area contributed by atoms with Crippen LogP contribution in [-0.2, 0) is 28.2 Å². The number of halogens is 8. The quantitative estimate of drug-likeness (QED) is 0.177. The first kappa shape index (κ1) is 34.4. The summed E-state index contributed by atoms with van der Waals surface area (Å²) in [5, 5.41) is 7.73. The number of fused-ring (bicyclic) bond motifs is 1. The second kappa shape index (κ2) is 13.1. The average molecular weight is 696 g/mol. The number of anilines is 1. The van der Waals surface area contributed by atoms with Gasteiger partial charge in [0.1, 0.15) is 5.82 Å². The highest BCUT2D eigenvalue weighted by Crippen LogP contribution is 2.45. The summed E-state index contributed by atoms with van der Waals surface area (Å²) in [4.78, 5) is 19.7. The largest absolute Gasteiger partial charge is 0.420 e. The van der Waals surface area contributed by atoms with E-state index < -0.39 is 84.1 Å². The molecule has 1 amide bonds. The van der Waals surface area contributed by atoms with E-state index in [1.807, 2.05) is 0 Å². The minimum atomic E-state index is -4.55. The summed E-state index contributed by atoms with van der Waals surface area (Å²) in [6, 6.07) is 9.98. The molecule has 260 valence electrons. The van der Waals surface area contributed by atoms with Gasteiger partial charge in [-0.25, -0.2) is 22.0 Å². The van der Waals surface area contributed by atoms with Crippen molar-refractivity contribution in [2.24, 2.45) is 0 Å². The zero-order valence-electron chi connectivity index (χ0n) is 25.9. The van der Waals surface area contributed by atoms with Crippen LogP contribution in [0.3, 0.4) is 0 Å². The number of pyridine rings is 1. The van der Waals surface area contributed by atoms with Crippen molar-refractivity contribution in [3.05, 3.63) is 83.1 Å². The summed E-state index contributed by atoms with van der Waals surface area (Å²) in [6.07, 6.45) is -5.84. The number of benzene rings is 2. The maximum absolute atomic E-state index is 15.5. The van der Waals surface area contributed by atoms with Gasteiger partial charge in [0.15, 0.2) is 0 Å². The maximum Gasteiger partial charge on any atom is 0.417 e. The van der Waals surface area contributed by atoms with Crippen LogP contribution in [0.2, 0.25) is 0 Å². The number of nitrogens with zero attached hydrogens (tertiary/aromatic N) is 5. The number of likely N-dealkylation sites (tertiary alicyclic amines) is 1. The Labute approximate surface area is 274 Å². The third-order valence-corrected chi connectivity index (χ3v) is 8.52. The molecule has 2 aliphatic heterocycles. The smallest absolute Gasteiger partial charge is 0.417 e. The Morgan fingerprint density at radius 2 is 1.80 bits per heavy atom. The molecular formula is C33H29F8N5O3. The van der Waals surface area contributed by atoms with Crippen LogP contribution in [0.25, 0.3) is 22.7 Å². The zero-order chi connectivity index (χ0) is 35.1. The van der Waals surface area contributed by atoms with E-state index >= 15 is 13.2 Å². The summed E-state index contributed by atoms with van der Waals surface area (Å²) in [7, 11) is 1.45. The van der Waals surface area contributed by atoms with Gasteiger partial charge in [-0.05, 0) is 29.8 Å². The minimum Gasteiger partial charge on any atom is -0.420 e. The monoisotopic (exact) mass is 695 g/mol. The van der Waals surface area contributed by atoms with Crippen LogP contribution in [0.5, 0.6) is 0 Å². The zero-order valence-corrected chi connectivity index (χ0v) is 25.9. The summed E-state index contributed by atoms with van der Waals surface area (Å²) >= 11 is 0. The number of carbonyl (C=O) groups excluding carboxylic acids is 1. The highest BCUT2D eigenvalue weighted by molar-refractivity contribution is 5.96.